The third-order valence-electron chi connectivity index (χ3n) is 4.33. The third kappa shape index (κ3) is 3.32. The van der Waals surface area contributed by atoms with Crippen LogP contribution in [-0.4, -0.2) is 45.9 Å². The number of hydrogen-bond acceptors (Lipinski definition) is 4. The van der Waals surface area contributed by atoms with Crippen molar-refractivity contribution in [3.8, 4) is 0 Å². The molecular formula is C15H24BrN3O2S. The summed E-state index contributed by atoms with van der Waals surface area (Å²) in [5.41, 5.74) is 6.74. The summed E-state index contributed by atoms with van der Waals surface area (Å²) in [5, 5.41) is 0. The van der Waals surface area contributed by atoms with Crippen LogP contribution in [0.3, 0.4) is 0 Å². The maximum absolute atomic E-state index is 13.0. The molecule has 1 heterocycles. The van der Waals surface area contributed by atoms with Gasteiger partial charge in [-0.15, -0.1) is 0 Å². The van der Waals surface area contributed by atoms with Crippen LogP contribution in [-0.2, 0) is 10.0 Å². The Balaban J connectivity index is 2.41. The number of anilines is 1. The Kier molecular flexibility index (Phi) is 4.92. The standard InChI is InChI=1S/C15H24BrN3O2S/c1-15(2)10-19(8-7-14(15)17)22(20,21)13-9-11(18(3)4)5-6-12(13)16/h5-6,9,14H,7-8,10,17H2,1-4H3. The molecule has 1 atom stereocenters. The number of benzene rings is 1. The normalized spacial score (nSPS) is 22.5. The Morgan fingerprint density at radius 2 is 2.00 bits per heavy atom. The summed E-state index contributed by atoms with van der Waals surface area (Å²) >= 11 is 3.37. The van der Waals surface area contributed by atoms with E-state index in [1.165, 1.54) is 0 Å². The first kappa shape index (κ1) is 17.7. The highest BCUT2D eigenvalue weighted by molar-refractivity contribution is 9.10. The number of rotatable bonds is 3. The van der Waals surface area contributed by atoms with E-state index in [0.29, 0.717) is 28.9 Å². The van der Waals surface area contributed by atoms with Crippen molar-refractivity contribution in [1.82, 2.24) is 4.31 Å². The fourth-order valence-corrected chi connectivity index (χ4v) is 5.21. The van der Waals surface area contributed by atoms with Gasteiger partial charge < -0.3 is 10.6 Å². The average molecular weight is 390 g/mol. The monoisotopic (exact) mass is 389 g/mol. The second kappa shape index (κ2) is 6.11. The van der Waals surface area contributed by atoms with E-state index >= 15 is 0 Å². The van der Waals surface area contributed by atoms with Gasteiger partial charge in [-0.1, -0.05) is 13.8 Å². The van der Waals surface area contributed by atoms with Crippen LogP contribution in [0.25, 0.3) is 0 Å². The van der Waals surface area contributed by atoms with Crippen molar-refractivity contribution in [2.45, 2.75) is 31.2 Å². The summed E-state index contributed by atoms with van der Waals surface area (Å²) in [4.78, 5) is 2.20. The van der Waals surface area contributed by atoms with E-state index in [4.69, 9.17) is 5.73 Å². The van der Waals surface area contributed by atoms with Crippen molar-refractivity contribution in [3.63, 3.8) is 0 Å². The highest BCUT2D eigenvalue weighted by Gasteiger charge is 2.39. The van der Waals surface area contributed by atoms with E-state index in [9.17, 15) is 8.42 Å². The van der Waals surface area contributed by atoms with Crippen LogP contribution in [0.2, 0.25) is 0 Å². The summed E-state index contributed by atoms with van der Waals surface area (Å²) < 4.78 is 28.2. The van der Waals surface area contributed by atoms with E-state index in [-0.39, 0.29) is 11.5 Å². The fourth-order valence-electron chi connectivity index (χ4n) is 2.64. The highest BCUT2D eigenvalue weighted by atomic mass is 79.9. The molecule has 1 aliphatic rings. The molecular weight excluding hydrogens is 366 g/mol. The lowest BCUT2D eigenvalue weighted by molar-refractivity contribution is 0.155. The van der Waals surface area contributed by atoms with Gasteiger partial charge in [-0.25, -0.2) is 8.42 Å². The Labute approximate surface area is 141 Å². The second-order valence-electron chi connectivity index (χ2n) is 6.73. The van der Waals surface area contributed by atoms with Crippen molar-refractivity contribution in [2.75, 3.05) is 32.1 Å². The number of nitrogens with zero attached hydrogens (tertiary/aromatic N) is 2. The molecule has 1 fully saturated rings. The Hall–Kier alpha value is -0.630. The second-order valence-corrected chi connectivity index (χ2v) is 9.49. The third-order valence-corrected chi connectivity index (χ3v) is 7.17. The Morgan fingerprint density at radius 3 is 2.55 bits per heavy atom. The highest BCUT2D eigenvalue weighted by Crippen LogP contribution is 2.34. The zero-order valence-corrected chi connectivity index (χ0v) is 15.9. The Morgan fingerprint density at radius 1 is 1.36 bits per heavy atom. The summed E-state index contributed by atoms with van der Waals surface area (Å²) in [6.45, 7) is 4.94. The van der Waals surface area contributed by atoms with Gasteiger partial charge in [-0.2, -0.15) is 4.31 Å². The average Bonchev–Trinajstić information content (AvgIpc) is 2.41. The predicted molar refractivity (Wildman–Crippen MR) is 93.6 cm³/mol. The lowest BCUT2D eigenvalue weighted by atomic mass is 9.81. The minimum absolute atomic E-state index is 0.0236. The molecule has 0 aromatic heterocycles. The zero-order valence-electron chi connectivity index (χ0n) is 13.5. The Bertz CT molecular complexity index is 659. The molecule has 1 aliphatic heterocycles. The van der Waals surface area contributed by atoms with Gasteiger partial charge >= 0.3 is 0 Å². The van der Waals surface area contributed by atoms with E-state index in [0.717, 1.165) is 5.69 Å². The van der Waals surface area contributed by atoms with Crippen LogP contribution in [0.5, 0.6) is 0 Å². The molecule has 0 aliphatic carbocycles. The molecule has 1 saturated heterocycles. The quantitative estimate of drug-likeness (QED) is 0.860. The first-order valence-electron chi connectivity index (χ1n) is 7.28. The van der Waals surface area contributed by atoms with Crippen molar-refractivity contribution in [1.29, 1.82) is 0 Å². The van der Waals surface area contributed by atoms with Crippen molar-refractivity contribution >= 4 is 31.6 Å². The molecule has 0 spiro atoms. The lowest BCUT2D eigenvalue weighted by Gasteiger charge is -2.41. The summed E-state index contributed by atoms with van der Waals surface area (Å²) in [5.74, 6) is 0. The number of halogens is 1. The predicted octanol–water partition coefficient (Wildman–Crippen LogP) is 2.26. The molecule has 0 radical (unpaired) electrons. The molecule has 2 N–H and O–H groups in total. The summed E-state index contributed by atoms with van der Waals surface area (Å²) in [7, 11) is 0.244. The van der Waals surface area contributed by atoms with Crippen LogP contribution < -0.4 is 10.6 Å². The molecule has 1 unspecified atom stereocenters. The molecule has 124 valence electrons. The molecule has 0 amide bonds. The van der Waals surface area contributed by atoms with Crippen molar-refractivity contribution in [3.05, 3.63) is 22.7 Å². The molecule has 5 nitrogen and oxygen atoms in total. The van der Waals surface area contributed by atoms with Crippen LogP contribution in [0.15, 0.2) is 27.6 Å². The largest absolute Gasteiger partial charge is 0.378 e. The van der Waals surface area contributed by atoms with Gasteiger partial charge in [-0.3, -0.25) is 0 Å². The van der Waals surface area contributed by atoms with Gasteiger partial charge in [0.1, 0.15) is 0 Å². The molecule has 1 aromatic carbocycles. The van der Waals surface area contributed by atoms with E-state index < -0.39 is 10.0 Å². The van der Waals surface area contributed by atoms with E-state index in [2.05, 4.69) is 15.9 Å². The molecule has 2 rings (SSSR count). The lowest BCUT2D eigenvalue weighted by Crippen LogP contribution is -2.53. The molecule has 1 aromatic rings. The van der Waals surface area contributed by atoms with Gasteiger partial charge in [0.15, 0.2) is 0 Å². The van der Waals surface area contributed by atoms with Crippen molar-refractivity contribution < 1.29 is 8.42 Å². The summed E-state index contributed by atoms with van der Waals surface area (Å²) in [6, 6.07) is 5.40. The first-order valence-corrected chi connectivity index (χ1v) is 9.51. The SMILES string of the molecule is CN(C)c1ccc(Br)c(S(=O)(=O)N2CCC(N)C(C)(C)C2)c1. The van der Waals surface area contributed by atoms with Crippen LogP contribution in [0.4, 0.5) is 5.69 Å². The maximum Gasteiger partial charge on any atom is 0.244 e. The van der Waals surface area contributed by atoms with Gasteiger partial charge in [-0.05, 0) is 46.0 Å². The minimum atomic E-state index is -3.54. The number of nitrogens with two attached hydrogens (primary N) is 1. The molecule has 0 saturated carbocycles. The van der Waals surface area contributed by atoms with E-state index in [1.54, 1.807) is 16.4 Å². The van der Waals surface area contributed by atoms with Gasteiger partial charge in [0, 0.05) is 43.4 Å². The first-order chi connectivity index (χ1) is 10.1. The van der Waals surface area contributed by atoms with Gasteiger partial charge in [0.2, 0.25) is 10.0 Å². The molecule has 0 bridgehead atoms. The van der Waals surface area contributed by atoms with Crippen molar-refractivity contribution in [2.24, 2.45) is 11.1 Å². The molecule has 7 heteroatoms. The smallest absolute Gasteiger partial charge is 0.244 e. The van der Waals surface area contributed by atoms with E-state index in [1.807, 2.05) is 38.9 Å². The van der Waals surface area contributed by atoms with Gasteiger partial charge in [0.05, 0.1) is 4.90 Å². The maximum atomic E-state index is 13.0. The van der Waals surface area contributed by atoms with Crippen LogP contribution in [0.1, 0.15) is 20.3 Å². The number of piperidine rings is 1. The van der Waals surface area contributed by atoms with Crippen LogP contribution >= 0.6 is 15.9 Å². The summed E-state index contributed by atoms with van der Waals surface area (Å²) in [6.07, 6.45) is 0.678. The topological polar surface area (TPSA) is 66.6 Å². The molecule has 22 heavy (non-hydrogen) atoms. The number of hydrogen-bond donors (Lipinski definition) is 1. The van der Waals surface area contributed by atoms with Gasteiger partial charge in [0.25, 0.3) is 0 Å². The fraction of sp³-hybridized carbons (Fsp3) is 0.600. The minimum Gasteiger partial charge on any atom is -0.378 e. The van der Waals surface area contributed by atoms with Crippen LogP contribution in [0, 0.1) is 5.41 Å². The number of sulfonamides is 1. The zero-order chi connectivity index (χ0) is 16.7.